The number of halogens is 2. The molecule has 3 aliphatic heterocycles. The number of nitrogens with zero attached hydrogens (tertiary/aromatic N) is 7. The van der Waals surface area contributed by atoms with Crippen molar-refractivity contribution in [2.75, 3.05) is 62.2 Å². The molecule has 0 unspecified atom stereocenters. The maximum absolute atomic E-state index is 13.0. The quantitative estimate of drug-likeness (QED) is 0.443. The Morgan fingerprint density at radius 1 is 0.949 bits per heavy atom. The molecule has 0 saturated carbocycles. The zero-order chi connectivity index (χ0) is 27.8. The monoisotopic (exact) mass is 577 g/mol. The summed E-state index contributed by atoms with van der Waals surface area (Å²) in [6.45, 7) is 6.11. The summed E-state index contributed by atoms with van der Waals surface area (Å²) >= 11 is 12.4. The highest BCUT2D eigenvalue weighted by atomic mass is 35.5. The SMILES string of the molecule is CC[C@H]1CN(c2nc(N)c(C(=O)N3CC(O)C3)nc2Cl)CCN1C1CCN(C(=O)c2ccc(Cl)nc2N)CC1. The first kappa shape index (κ1) is 27.6. The fourth-order valence-corrected chi connectivity index (χ4v) is 6.06. The highest BCUT2D eigenvalue weighted by Gasteiger charge is 2.36. The fraction of sp³-hybridized carbons (Fsp3) is 0.560. The zero-order valence-electron chi connectivity index (χ0n) is 21.8. The fourth-order valence-electron chi connectivity index (χ4n) is 5.66. The van der Waals surface area contributed by atoms with Gasteiger partial charge in [-0.25, -0.2) is 15.0 Å². The van der Waals surface area contributed by atoms with E-state index >= 15 is 0 Å². The van der Waals surface area contributed by atoms with Crippen LogP contribution in [0.3, 0.4) is 0 Å². The number of hydrogen-bond donors (Lipinski definition) is 3. The van der Waals surface area contributed by atoms with E-state index in [-0.39, 0.29) is 58.6 Å². The summed E-state index contributed by atoms with van der Waals surface area (Å²) in [6, 6.07) is 3.81. The van der Waals surface area contributed by atoms with Gasteiger partial charge in [-0.15, -0.1) is 0 Å². The van der Waals surface area contributed by atoms with Crippen molar-refractivity contribution >= 4 is 52.5 Å². The van der Waals surface area contributed by atoms with Gasteiger partial charge in [0.2, 0.25) is 0 Å². The van der Waals surface area contributed by atoms with Gasteiger partial charge in [0, 0.05) is 57.9 Å². The third kappa shape index (κ3) is 5.56. The number of amides is 2. The number of rotatable bonds is 5. The normalized spacial score (nSPS) is 21.2. The minimum Gasteiger partial charge on any atom is -0.389 e. The number of piperazine rings is 1. The van der Waals surface area contributed by atoms with E-state index in [4.69, 9.17) is 34.7 Å². The Bertz CT molecular complexity index is 1250. The Balaban J connectivity index is 1.21. The second kappa shape index (κ2) is 11.3. The molecule has 0 bridgehead atoms. The molecular weight excluding hydrogens is 545 g/mol. The smallest absolute Gasteiger partial charge is 0.276 e. The van der Waals surface area contributed by atoms with Gasteiger partial charge in [-0.2, -0.15) is 0 Å². The van der Waals surface area contributed by atoms with Crippen LogP contribution in [0.2, 0.25) is 10.3 Å². The summed E-state index contributed by atoms with van der Waals surface area (Å²) in [6.07, 6.45) is 2.13. The van der Waals surface area contributed by atoms with Crippen LogP contribution in [0.25, 0.3) is 0 Å². The average molecular weight is 579 g/mol. The average Bonchev–Trinajstić information content (AvgIpc) is 2.91. The number of carbonyl (C=O) groups excluding carboxylic acids is 2. The first-order valence-corrected chi connectivity index (χ1v) is 13.9. The number of carbonyl (C=O) groups is 2. The van der Waals surface area contributed by atoms with Gasteiger partial charge < -0.3 is 31.3 Å². The second-order valence-electron chi connectivity index (χ2n) is 10.3. The van der Waals surface area contributed by atoms with Crippen molar-refractivity contribution in [2.24, 2.45) is 0 Å². The lowest BCUT2D eigenvalue weighted by Gasteiger charge is -2.47. The summed E-state index contributed by atoms with van der Waals surface area (Å²) in [5.74, 6) is 0.155. The number of pyridine rings is 1. The maximum Gasteiger partial charge on any atom is 0.276 e. The molecule has 210 valence electrons. The molecule has 0 aromatic carbocycles. The Morgan fingerprint density at radius 3 is 2.31 bits per heavy atom. The first-order valence-electron chi connectivity index (χ1n) is 13.2. The van der Waals surface area contributed by atoms with E-state index in [0.717, 1.165) is 25.8 Å². The number of β-amino-alcohol motifs (C(OH)–C–C–N with tert-alkyl or cyclic N) is 1. The maximum atomic E-state index is 13.0. The van der Waals surface area contributed by atoms with Crippen LogP contribution in [-0.4, -0.2) is 111 Å². The van der Waals surface area contributed by atoms with E-state index in [0.29, 0.717) is 43.6 Å². The molecule has 14 heteroatoms. The van der Waals surface area contributed by atoms with E-state index < -0.39 is 6.10 Å². The van der Waals surface area contributed by atoms with Gasteiger partial charge in [-0.05, 0) is 31.4 Å². The molecular formula is C25H33Cl2N9O3. The number of anilines is 3. The highest BCUT2D eigenvalue weighted by Crippen LogP contribution is 2.31. The number of aliphatic hydroxyl groups is 1. The number of aromatic nitrogens is 3. The van der Waals surface area contributed by atoms with E-state index in [1.54, 1.807) is 12.1 Å². The van der Waals surface area contributed by atoms with E-state index in [1.807, 2.05) is 4.90 Å². The number of likely N-dealkylation sites (tertiary alicyclic amines) is 2. The molecule has 5 N–H and O–H groups in total. The molecule has 2 aromatic rings. The molecule has 12 nitrogen and oxygen atoms in total. The predicted octanol–water partition coefficient (Wildman–Crippen LogP) is 1.36. The lowest BCUT2D eigenvalue weighted by atomic mass is 9.97. The minimum atomic E-state index is -0.521. The molecule has 3 aliphatic rings. The van der Waals surface area contributed by atoms with Gasteiger partial charge in [0.15, 0.2) is 22.5 Å². The molecule has 0 spiro atoms. The van der Waals surface area contributed by atoms with Gasteiger partial charge in [-0.3, -0.25) is 14.5 Å². The largest absolute Gasteiger partial charge is 0.389 e. The van der Waals surface area contributed by atoms with Crippen molar-refractivity contribution in [2.45, 2.75) is 44.4 Å². The highest BCUT2D eigenvalue weighted by molar-refractivity contribution is 6.32. The van der Waals surface area contributed by atoms with Crippen molar-refractivity contribution in [3.8, 4) is 0 Å². The summed E-state index contributed by atoms with van der Waals surface area (Å²) in [4.78, 5) is 46.3. The first-order chi connectivity index (χ1) is 18.7. The molecule has 5 rings (SSSR count). The molecule has 2 aromatic heterocycles. The van der Waals surface area contributed by atoms with Crippen molar-refractivity contribution in [1.29, 1.82) is 0 Å². The van der Waals surface area contributed by atoms with Gasteiger partial charge >= 0.3 is 0 Å². The van der Waals surface area contributed by atoms with Crippen LogP contribution < -0.4 is 16.4 Å². The van der Waals surface area contributed by atoms with Crippen molar-refractivity contribution in [1.82, 2.24) is 29.7 Å². The van der Waals surface area contributed by atoms with Gasteiger partial charge in [-0.1, -0.05) is 30.1 Å². The van der Waals surface area contributed by atoms with Crippen LogP contribution in [0, 0.1) is 0 Å². The number of piperidine rings is 1. The molecule has 5 heterocycles. The Hall–Kier alpha value is -2.93. The van der Waals surface area contributed by atoms with Crippen LogP contribution in [0.4, 0.5) is 17.5 Å². The van der Waals surface area contributed by atoms with Gasteiger partial charge in [0.25, 0.3) is 11.8 Å². The summed E-state index contributed by atoms with van der Waals surface area (Å²) in [5, 5.41) is 9.89. The van der Waals surface area contributed by atoms with E-state index in [2.05, 4.69) is 31.7 Å². The standard InChI is InChI=1S/C25H33Cl2N9O3/c1-2-14-11-34(23-20(27)31-19(22(29)32-23)25(39)35-12-16(37)13-35)9-10-36(14)15-5-7-33(8-6-15)24(38)17-3-4-18(26)30-21(17)28/h3-4,14-16,37H,2,5-13H2,1H3,(H2,28,30)(H2,29,32)/t14-/m0/s1. The summed E-state index contributed by atoms with van der Waals surface area (Å²) in [5.41, 5.74) is 12.4. The molecule has 2 amide bonds. The zero-order valence-corrected chi connectivity index (χ0v) is 23.3. The molecule has 1 atom stereocenters. The van der Waals surface area contributed by atoms with Gasteiger partial charge in [0.1, 0.15) is 11.0 Å². The van der Waals surface area contributed by atoms with Gasteiger partial charge in [0.05, 0.1) is 11.7 Å². The van der Waals surface area contributed by atoms with E-state index in [1.165, 1.54) is 4.90 Å². The molecule has 0 aliphatic carbocycles. The van der Waals surface area contributed by atoms with Crippen molar-refractivity contribution < 1.29 is 14.7 Å². The second-order valence-corrected chi connectivity index (χ2v) is 11.0. The number of hydrogen-bond acceptors (Lipinski definition) is 10. The Labute approximate surface area is 236 Å². The molecule has 3 fully saturated rings. The predicted molar refractivity (Wildman–Crippen MR) is 149 cm³/mol. The third-order valence-corrected chi connectivity index (χ3v) is 8.32. The van der Waals surface area contributed by atoms with Crippen molar-refractivity contribution in [3.63, 3.8) is 0 Å². The van der Waals surface area contributed by atoms with Crippen LogP contribution in [-0.2, 0) is 0 Å². The third-order valence-electron chi connectivity index (χ3n) is 7.86. The number of nitrogens with two attached hydrogens (primary N) is 2. The van der Waals surface area contributed by atoms with Crippen LogP contribution in [0.5, 0.6) is 0 Å². The molecule has 0 radical (unpaired) electrons. The lowest BCUT2D eigenvalue weighted by molar-refractivity contribution is 0.00555. The van der Waals surface area contributed by atoms with Crippen LogP contribution in [0.1, 0.15) is 47.0 Å². The molecule has 3 saturated heterocycles. The minimum absolute atomic E-state index is 0.0128. The number of aliphatic hydroxyl groups excluding tert-OH is 1. The summed E-state index contributed by atoms with van der Waals surface area (Å²) < 4.78 is 0. The van der Waals surface area contributed by atoms with E-state index in [9.17, 15) is 14.7 Å². The Morgan fingerprint density at radius 2 is 1.67 bits per heavy atom. The van der Waals surface area contributed by atoms with Crippen LogP contribution in [0.15, 0.2) is 12.1 Å². The topological polar surface area (TPSA) is 158 Å². The molecule has 39 heavy (non-hydrogen) atoms. The van der Waals surface area contributed by atoms with Crippen LogP contribution >= 0.6 is 23.2 Å². The summed E-state index contributed by atoms with van der Waals surface area (Å²) in [7, 11) is 0. The van der Waals surface area contributed by atoms with Crippen molar-refractivity contribution in [3.05, 3.63) is 33.7 Å². The number of nitrogen functional groups attached to an aromatic ring is 2. The Kier molecular flexibility index (Phi) is 7.99. The lowest BCUT2D eigenvalue weighted by Crippen LogP contribution is -2.59.